The molecular weight excluding hydrogens is 440 g/mol. The number of methoxy groups -OCH3 is 3. The summed E-state index contributed by atoms with van der Waals surface area (Å²) in [5, 5.41) is 21.9. The molecule has 7 nitrogen and oxygen atoms in total. The van der Waals surface area contributed by atoms with Gasteiger partial charge in [-0.25, -0.2) is 0 Å². The molecule has 0 atom stereocenters. The number of phenols is 1. The molecule has 29 heavy (non-hydrogen) atoms. The summed E-state index contributed by atoms with van der Waals surface area (Å²) in [7, 11) is 4.54. The molecule has 152 valence electrons. The topological polar surface area (TPSA) is 101 Å². The second-order valence-corrected chi connectivity index (χ2v) is 6.77. The molecule has 0 bridgehead atoms. The molecule has 0 radical (unpaired) electrons. The molecule has 0 aliphatic rings. The van der Waals surface area contributed by atoms with E-state index in [0.29, 0.717) is 34.5 Å². The number of halogens is 1. The van der Waals surface area contributed by atoms with E-state index in [9.17, 15) is 15.2 Å². The third kappa shape index (κ3) is 5.65. The first-order chi connectivity index (χ1) is 13.9. The molecule has 0 heterocycles. The largest absolute Gasteiger partial charge is 0.503 e. The van der Waals surface area contributed by atoms with Crippen LogP contribution < -0.4 is 19.5 Å². The number of benzene rings is 2. The van der Waals surface area contributed by atoms with Gasteiger partial charge in [0.2, 0.25) is 0 Å². The van der Waals surface area contributed by atoms with Crippen LogP contribution in [-0.2, 0) is 11.2 Å². The molecule has 0 aliphatic carbocycles. The SMILES string of the molecule is COc1ccc(CCNC(=O)/C(C#N)=C/c2cc(Br)c(O)c(OC)c2)cc1OC. The zero-order valence-corrected chi connectivity index (χ0v) is 17.9. The summed E-state index contributed by atoms with van der Waals surface area (Å²) in [6.45, 7) is 0.343. The van der Waals surface area contributed by atoms with Crippen molar-refractivity contribution in [2.45, 2.75) is 6.42 Å². The van der Waals surface area contributed by atoms with Crippen LogP contribution in [0.25, 0.3) is 6.08 Å². The number of ether oxygens (including phenoxy) is 3. The minimum Gasteiger partial charge on any atom is -0.503 e. The molecule has 0 spiro atoms. The number of amides is 1. The zero-order valence-electron chi connectivity index (χ0n) is 16.3. The van der Waals surface area contributed by atoms with Gasteiger partial charge in [0.25, 0.3) is 5.91 Å². The Hall–Kier alpha value is -3.18. The number of carbonyl (C=O) groups is 1. The van der Waals surface area contributed by atoms with Crippen molar-refractivity contribution in [3.05, 3.63) is 51.5 Å². The first-order valence-electron chi connectivity index (χ1n) is 8.60. The molecular formula is C21H21BrN2O5. The average molecular weight is 461 g/mol. The summed E-state index contributed by atoms with van der Waals surface area (Å²) >= 11 is 3.21. The minimum atomic E-state index is -0.490. The molecule has 1 amide bonds. The van der Waals surface area contributed by atoms with Crippen LogP contribution in [0, 0.1) is 11.3 Å². The molecule has 0 fully saturated rings. The number of nitriles is 1. The van der Waals surface area contributed by atoms with E-state index in [0.717, 1.165) is 5.56 Å². The Kier molecular flexibility index (Phi) is 7.92. The first kappa shape index (κ1) is 22.1. The van der Waals surface area contributed by atoms with Crippen molar-refractivity contribution in [1.82, 2.24) is 5.32 Å². The third-order valence-electron chi connectivity index (χ3n) is 4.09. The number of carbonyl (C=O) groups excluding carboxylic acids is 1. The van der Waals surface area contributed by atoms with Crippen molar-refractivity contribution in [2.75, 3.05) is 27.9 Å². The quantitative estimate of drug-likeness (QED) is 0.462. The van der Waals surface area contributed by atoms with Crippen LogP contribution in [0.5, 0.6) is 23.0 Å². The lowest BCUT2D eigenvalue weighted by atomic mass is 10.1. The normalized spacial score (nSPS) is 10.8. The monoisotopic (exact) mass is 460 g/mol. The number of hydrogen-bond acceptors (Lipinski definition) is 6. The lowest BCUT2D eigenvalue weighted by molar-refractivity contribution is -0.117. The van der Waals surface area contributed by atoms with E-state index in [4.69, 9.17) is 14.2 Å². The maximum atomic E-state index is 12.4. The summed E-state index contributed by atoms with van der Waals surface area (Å²) < 4.78 is 15.9. The Labute approximate surface area is 177 Å². The lowest BCUT2D eigenvalue weighted by Gasteiger charge is -2.10. The van der Waals surface area contributed by atoms with Crippen LogP contribution >= 0.6 is 15.9 Å². The van der Waals surface area contributed by atoms with Crippen LogP contribution in [-0.4, -0.2) is 38.9 Å². The van der Waals surface area contributed by atoms with E-state index in [1.807, 2.05) is 18.2 Å². The summed E-state index contributed by atoms with van der Waals surface area (Å²) in [4.78, 5) is 12.4. The van der Waals surface area contributed by atoms with Gasteiger partial charge >= 0.3 is 0 Å². The van der Waals surface area contributed by atoms with Gasteiger partial charge in [-0.05, 0) is 63.8 Å². The van der Waals surface area contributed by atoms with E-state index in [1.54, 1.807) is 26.4 Å². The fraction of sp³-hybridized carbons (Fsp3) is 0.238. The van der Waals surface area contributed by atoms with Crippen LogP contribution in [0.2, 0.25) is 0 Å². The van der Waals surface area contributed by atoms with E-state index in [-0.39, 0.29) is 17.1 Å². The van der Waals surface area contributed by atoms with Gasteiger partial charge in [-0.1, -0.05) is 6.07 Å². The standard InChI is InChI=1S/C21H21BrN2O5/c1-27-17-5-4-13(10-18(17)28-2)6-7-24-21(26)15(12-23)8-14-9-16(22)20(25)19(11-14)29-3/h4-5,8-11,25H,6-7H2,1-3H3,(H,24,26)/b15-8+. The van der Waals surface area contributed by atoms with Crippen LogP contribution in [0.1, 0.15) is 11.1 Å². The van der Waals surface area contributed by atoms with E-state index in [1.165, 1.54) is 19.3 Å². The second-order valence-electron chi connectivity index (χ2n) is 5.92. The number of hydrogen-bond donors (Lipinski definition) is 2. The average Bonchev–Trinajstić information content (AvgIpc) is 2.73. The van der Waals surface area contributed by atoms with Crippen LogP contribution in [0.15, 0.2) is 40.4 Å². The van der Waals surface area contributed by atoms with Gasteiger partial charge in [0.1, 0.15) is 11.6 Å². The fourth-order valence-corrected chi connectivity index (χ4v) is 3.06. The Morgan fingerprint density at radius 3 is 2.45 bits per heavy atom. The smallest absolute Gasteiger partial charge is 0.261 e. The molecule has 2 aromatic carbocycles. The van der Waals surface area contributed by atoms with Gasteiger partial charge in [-0.3, -0.25) is 4.79 Å². The van der Waals surface area contributed by atoms with Crippen molar-refractivity contribution in [3.63, 3.8) is 0 Å². The Morgan fingerprint density at radius 1 is 1.14 bits per heavy atom. The minimum absolute atomic E-state index is 0.0532. The summed E-state index contributed by atoms with van der Waals surface area (Å²) in [6.07, 6.45) is 1.99. The zero-order chi connectivity index (χ0) is 21.4. The maximum Gasteiger partial charge on any atom is 0.261 e. The molecule has 0 saturated heterocycles. The van der Waals surface area contributed by atoms with Crippen molar-refractivity contribution in [2.24, 2.45) is 0 Å². The summed E-state index contributed by atoms with van der Waals surface area (Å²) in [5.41, 5.74) is 1.44. The van der Waals surface area contributed by atoms with Gasteiger partial charge in [0, 0.05) is 6.54 Å². The van der Waals surface area contributed by atoms with Gasteiger partial charge in [-0.2, -0.15) is 5.26 Å². The van der Waals surface area contributed by atoms with E-state index >= 15 is 0 Å². The van der Waals surface area contributed by atoms with Crippen molar-refractivity contribution >= 4 is 27.9 Å². The van der Waals surface area contributed by atoms with Gasteiger partial charge in [0.15, 0.2) is 23.0 Å². The summed E-state index contributed by atoms with van der Waals surface area (Å²) in [5.74, 6) is 0.932. The Morgan fingerprint density at radius 2 is 1.83 bits per heavy atom. The van der Waals surface area contributed by atoms with Crippen LogP contribution in [0.3, 0.4) is 0 Å². The second kappa shape index (κ2) is 10.4. The number of rotatable bonds is 8. The molecule has 2 aromatic rings. The highest BCUT2D eigenvalue weighted by atomic mass is 79.9. The molecule has 0 aromatic heterocycles. The van der Waals surface area contributed by atoms with E-state index in [2.05, 4.69) is 21.2 Å². The fourth-order valence-electron chi connectivity index (χ4n) is 2.60. The van der Waals surface area contributed by atoms with Crippen molar-refractivity contribution in [3.8, 4) is 29.1 Å². The molecule has 0 aliphatic heterocycles. The van der Waals surface area contributed by atoms with Gasteiger partial charge in [0.05, 0.1) is 25.8 Å². The van der Waals surface area contributed by atoms with Gasteiger partial charge in [-0.15, -0.1) is 0 Å². The maximum absolute atomic E-state index is 12.4. The molecule has 8 heteroatoms. The third-order valence-corrected chi connectivity index (χ3v) is 4.70. The molecule has 2 N–H and O–H groups in total. The number of phenolic OH excluding ortho intramolecular Hbond substituents is 1. The molecule has 0 unspecified atom stereocenters. The molecule has 2 rings (SSSR count). The number of aromatic hydroxyl groups is 1. The van der Waals surface area contributed by atoms with E-state index < -0.39 is 5.91 Å². The Bertz CT molecular complexity index is 966. The highest BCUT2D eigenvalue weighted by molar-refractivity contribution is 9.10. The first-order valence-corrected chi connectivity index (χ1v) is 9.40. The summed E-state index contributed by atoms with van der Waals surface area (Å²) in [6, 6.07) is 10.5. The number of nitrogens with one attached hydrogen (secondary N) is 1. The Balaban J connectivity index is 2.06. The highest BCUT2D eigenvalue weighted by Gasteiger charge is 2.12. The van der Waals surface area contributed by atoms with Crippen molar-refractivity contribution < 1.29 is 24.1 Å². The van der Waals surface area contributed by atoms with Crippen LogP contribution in [0.4, 0.5) is 0 Å². The van der Waals surface area contributed by atoms with Crippen molar-refractivity contribution in [1.29, 1.82) is 5.26 Å². The van der Waals surface area contributed by atoms with Gasteiger partial charge < -0.3 is 24.6 Å². The molecule has 0 saturated carbocycles. The predicted octanol–water partition coefficient (Wildman–Crippen LogP) is 3.45. The highest BCUT2D eigenvalue weighted by Crippen LogP contribution is 2.35. The predicted molar refractivity (Wildman–Crippen MR) is 112 cm³/mol. The lowest BCUT2D eigenvalue weighted by Crippen LogP contribution is -2.26. The number of nitrogens with zero attached hydrogens (tertiary/aromatic N) is 1.